The molecular formula is C13H11BrClFO. The molecule has 1 aromatic rings. The first-order valence-electron chi connectivity index (χ1n) is 5.75. The lowest BCUT2D eigenvalue weighted by atomic mass is 9.93. The number of Topliss-reactive ketones (excluding diaryl/α,β-unsaturated/α-hetero) is 1. The molecule has 2 aliphatic rings. The van der Waals surface area contributed by atoms with E-state index in [4.69, 9.17) is 11.6 Å². The summed E-state index contributed by atoms with van der Waals surface area (Å²) >= 11 is 9.05. The molecule has 0 N–H and O–H groups in total. The minimum atomic E-state index is -0.480. The Kier molecular flexibility index (Phi) is 2.79. The normalized spacial score (nSPS) is 30.2. The SMILES string of the molecule is O=C(c1cc(Cl)c(Br)cc1F)C1CC2CC2C1. The lowest BCUT2D eigenvalue weighted by Gasteiger charge is -2.11. The average molecular weight is 318 g/mol. The third-order valence-corrected chi connectivity index (χ3v) is 5.09. The quantitative estimate of drug-likeness (QED) is 0.581. The zero-order valence-electron chi connectivity index (χ0n) is 9.05. The summed E-state index contributed by atoms with van der Waals surface area (Å²) in [6.45, 7) is 0. The van der Waals surface area contributed by atoms with Crippen LogP contribution in [0.15, 0.2) is 16.6 Å². The molecule has 0 heterocycles. The van der Waals surface area contributed by atoms with Gasteiger partial charge in [0.2, 0.25) is 0 Å². The molecule has 1 aromatic carbocycles. The standard InChI is InChI=1S/C13H11BrClFO/c14-10-5-12(16)9(4-11(10)15)13(17)8-2-6-1-7(6)3-8/h4-8H,1-3H2. The zero-order chi connectivity index (χ0) is 12.2. The van der Waals surface area contributed by atoms with E-state index in [2.05, 4.69) is 15.9 Å². The van der Waals surface area contributed by atoms with E-state index in [9.17, 15) is 9.18 Å². The predicted molar refractivity (Wildman–Crippen MR) is 67.8 cm³/mol. The van der Waals surface area contributed by atoms with Crippen molar-refractivity contribution in [1.29, 1.82) is 0 Å². The van der Waals surface area contributed by atoms with E-state index in [0.717, 1.165) is 24.7 Å². The number of benzene rings is 1. The van der Waals surface area contributed by atoms with Crippen molar-refractivity contribution in [3.63, 3.8) is 0 Å². The molecule has 2 atom stereocenters. The van der Waals surface area contributed by atoms with Crippen LogP contribution in [0.2, 0.25) is 5.02 Å². The van der Waals surface area contributed by atoms with Crippen molar-refractivity contribution in [3.8, 4) is 0 Å². The van der Waals surface area contributed by atoms with E-state index in [0.29, 0.717) is 9.50 Å². The first-order valence-corrected chi connectivity index (χ1v) is 6.92. The molecule has 2 fully saturated rings. The molecule has 0 radical (unpaired) electrons. The van der Waals surface area contributed by atoms with Crippen LogP contribution in [0, 0.1) is 23.6 Å². The van der Waals surface area contributed by atoms with Crippen molar-refractivity contribution in [2.75, 3.05) is 0 Å². The highest BCUT2D eigenvalue weighted by atomic mass is 79.9. The van der Waals surface area contributed by atoms with Gasteiger partial charge in [-0.3, -0.25) is 4.79 Å². The van der Waals surface area contributed by atoms with Crippen LogP contribution in [0.5, 0.6) is 0 Å². The number of hydrogen-bond donors (Lipinski definition) is 0. The molecule has 17 heavy (non-hydrogen) atoms. The van der Waals surface area contributed by atoms with Gasteiger partial charge in [-0.25, -0.2) is 4.39 Å². The Hall–Kier alpha value is -0.410. The smallest absolute Gasteiger partial charge is 0.168 e. The molecule has 0 amide bonds. The summed E-state index contributed by atoms with van der Waals surface area (Å²) in [5.41, 5.74) is 0.143. The van der Waals surface area contributed by atoms with E-state index >= 15 is 0 Å². The van der Waals surface area contributed by atoms with Crippen LogP contribution in [0.4, 0.5) is 4.39 Å². The molecule has 1 nitrogen and oxygen atoms in total. The predicted octanol–water partition coefficient (Wildman–Crippen LogP) is 4.47. The Morgan fingerprint density at radius 3 is 2.59 bits per heavy atom. The highest BCUT2D eigenvalue weighted by Gasteiger charge is 2.48. The fourth-order valence-electron chi connectivity index (χ4n) is 2.86. The van der Waals surface area contributed by atoms with Gasteiger partial charge >= 0.3 is 0 Å². The summed E-state index contributed by atoms with van der Waals surface area (Å²) in [7, 11) is 0. The second-order valence-corrected chi connectivity index (χ2v) is 6.30. The Balaban J connectivity index is 1.88. The van der Waals surface area contributed by atoms with E-state index in [1.807, 2.05) is 0 Å². The van der Waals surface area contributed by atoms with Crippen molar-refractivity contribution in [2.24, 2.45) is 17.8 Å². The van der Waals surface area contributed by atoms with Crippen LogP contribution >= 0.6 is 27.5 Å². The number of carbonyl (C=O) groups is 1. The van der Waals surface area contributed by atoms with Gasteiger partial charge in [-0.05, 0) is 59.2 Å². The lowest BCUT2D eigenvalue weighted by Crippen LogP contribution is -2.14. The van der Waals surface area contributed by atoms with Crippen molar-refractivity contribution in [3.05, 3.63) is 33.0 Å². The van der Waals surface area contributed by atoms with Gasteiger partial charge in [0, 0.05) is 10.4 Å². The first-order chi connectivity index (χ1) is 8.06. The van der Waals surface area contributed by atoms with Crippen molar-refractivity contribution in [2.45, 2.75) is 19.3 Å². The van der Waals surface area contributed by atoms with Crippen LogP contribution in [-0.2, 0) is 0 Å². The van der Waals surface area contributed by atoms with Crippen LogP contribution in [-0.4, -0.2) is 5.78 Å². The zero-order valence-corrected chi connectivity index (χ0v) is 11.4. The van der Waals surface area contributed by atoms with Crippen molar-refractivity contribution in [1.82, 2.24) is 0 Å². The monoisotopic (exact) mass is 316 g/mol. The second-order valence-electron chi connectivity index (χ2n) is 5.03. The molecule has 0 aromatic heterocycles. The Morgan fingerprint density at radius 1 is 1.29 bits per heavy atom. The van der Waals surface area contributed by atoms with E-state index in [1.54, 1.807) is 0 Å². The van der Waals surface area contributed by atoms with Gasteiger partial charge < -0.3 is 0 Å². The molecular weight excluding hydrogens is 306 g/mol. The third kappa shape index (κ3) is 2.04. The molecule has 2 aliphatic carbocycles. The number of fused-ring (bicyclic) bond motifs is 1. The lowest BCUT2D eigenvalue weighted by molar-refractivity contribution is 0.0910. The van der Waals surface area contributed by atoms with E-state index < -0.39 is 5.82 Å². The molecule has 0 spiro atoms. The van der Waals surface area contributed by atoms with Crippen LogP contribution < -0.4 is 0 Å². The second kappa shape index (κ2) is 4.06. The van der Waals surface area contributed by atoms with Gasteiger partial charge in [0.25, 0.3) is 0 Å². The highest BCUT2D eigenvalue weighted by Crippen LogP contribution is 2.55. The maximum Gasteiger partial charge on any atom is 0.168 e. The average Bonchev–Trinajstić information content (AvgIpc) is 2.90. The summed E-state index contributed by atoms with van der Waals surface area (Å²) in [6.07, 6.45) is 3.11. The van der Waals surface area contributed by atoms with Crippen molar-refractivity contribution >= 4 is 33.3 Å². The summed E-state index contributed by atoms with van der Waals surface area (Å²) < 4.78 is 14.2. The van der Waals surface area contributed by atoms with E-state index in [1.165, 1.54) is 18.6 Å². The maximum absolute atomic E-state index is 13.7. The minimum absolute atomic E-state index is 0.00509. The molecule has 90 valence electrons. The van der Waals surface area contributed by atoms with Gasteiger partial charge in [-0.1, -0.05) is 11.6 Å². The molecule has 4 heteroatoms. The Morgan fingerprint density at radius 2 is 1.94 bits per heavy atom. The van der Waals surface area contributed by atoms with Gasteiger partial charge in [0.15, 0.2) is 5.78 Å². The molecule has 2 saturated carbocycles. The van der Waals surface area contributed by atoms with Crippen LogP contribution in [0.1, 0.15) is 29.6 Å². The van der Waals surface area contributed by atoms with Gasteiger partial charge in [-0.15, -0.1) is 0 Å². The first kappa shape index (κ1) is 11.7. The van der Waals surface area contributed by atoms with E-state index in [-0.39, 0.29) is 17.3 Å². The fraction of sp³-hybridized carbons (Fsp3) is 0.462. The molecule has 0 aliphatic heterocycles. The molecule has 0 saturated heterocycles. The van der Waals surface area contributed by atoms with Crippen molar-refractivity contribution < 1.29 is 9.18 Å². The maximum atomic E-state index is 13.7. The highest BCUT2D eigenvalue weighted by molar-refractivity contribution is 9.10. The Labute approximate surface area is 112 Å². The molecule has 3 rings (SSSR count). The summed E-state index contributed by atoms with van der Waals surface area (Å²) in [6, 6.07) is 2.71. The van der Waals surface area contributed by atoms with Gasteiger partial charge in [0.1, 0.15) is 5.82 Å². The Bertz CT molecular complexity index is 492. The molecule has 2 unspecified atom stereocenters. The number of carbonyl (C=O) groups excluding carboxylic acids is 1. The number of halogens is 3. The largest absolute Gasteiger partial charge is 0.294 e. The van der Waals surface area contributed by atoms with Gasteiger partial charge in [0.05, 0.1) is 10.6 Å². The molecule has 0 bridgehead atoms. The summed E-state index contributed by atoms with van der Waals surface area (Å²) in [5.74, 6) is 0.886. The number of rotatable bonds is 2. The topological polar surface area (TPSA) is 17.1 Å². The van der Waals surface area contributed by atoms with Crippen LogP contribution in [0.25, 0.3) is 0 Å². The number of hydrogen-bond acceptors (Lipinski definition) is 1. The van der Waals surface area contributed by atoms with Crippen LogP contribution in [0.3, 0.4) is 0 Å². The summed E-state index contributed by atoms with van der Waals surface area (Å²) in [5, 5.41) is 0.387. The number of ketones is 1. The minimum Gasteiger partial charge on any atom is -0.294 e. The van der Waals surface area contributed by atoms with Gasteiger partial charge in [-0.2, -0.15) is 0 Å². The third-order valence-electron chi connectivity index (χ3n) is 3.89. The fourth-order valence-corrected chi connectivity index (χ4v) is 3.34. The summed E-state index contributed by atoms with van der Waals surface area (Å²) in [4.78, 5) is 12.2.